The summed E-state index contributed by atoms with van der Waals surface area (Å²) in [6.45, 7) is 3.74. The van der Waals surface area contributed by atoms with Crippen molar-refractivity contribution in [1.29, 1.82) is 0 Å². The van der Waals surface area contributed by atoms with E-state index in [9.17, 15) is 24.0 Å². The maximum atomic E-state index is 15.0. The van der Waals surface area contributed by atoms with E-state index in [4.69, 9.17) is 4.74 Å². The summed E-state index contributed by atoms with van der Waals surface area (Å²) in [5, 5.41) is 2.80. The Bertz CT molecular complexity index is 1510. The molecular formula is C30H32FN5O6. The van der Waals surface area contributed by atoms with Crippen molar-refractivity contribution in [3.63, 3.8) is 0 Å². The Morgan fingerprint density at radius 2 is 1.55 bits per heavy atom. The molecular weight excluding hydrogens is 545 g/mol. The summed E-state index contributed by atoms with van der Waals surface area (Å²) in [5.41, 5.74) is 0.641. The van der Waals surface area contributed by atoms with E-state index in [1.807, 2.05) is 6.07 Å². The molecule has 12 heteroatoms. The number of benzene rings is 2. The molecule has 0 radical (unpaired) electrons. The Morgan fingerprint density at radius 3 is 2.21 bits per heavy atom. The third kappa shape index (κ3) is 5.83. The number of rotatable bonds is 6. The van der Waals surface area contributed by atoms with Gasteiger partial charge in [-0.25, -0.2) is 9.18 Å². The number of halogens is 1. The number of amides is 4. The molecule has 2 saturated heterocycles. The van der Waals surface area contributed by atoms with E-state index in [0.717, 1.165) is 6.07 Å². The number of aromatic amines is 1. The van der Waals surface area contributed by atoms with Crippen LogP contribution in [-0.2, 0) is 9.53 Å². The number of piperazine rings is 1. The zero-order chi connectivity index (χ0) is 29.8. The molecule has 2 aliphatic heterocycles. The van der Waals surface area contributed by atoms with Crippen LogP contribution in [0.2, 0.25) is 0 Å². The third-order valence-corrected chi connectivity index (χ3v) is 7.70. The molecule has 2 aliphatic rings. The average Bonchev–Trinajstić information content (AvgIpc) is 3.47. The Kier molecular flexibility index (Phi) is 8.51. The molecule has 0 atom stereocenters. The van der Waals surface area contributed by atoms with Crippen molar-refractivity contribution < 1.29 is 33.1 Å². The summed E-state index contributed by atoms with van der Waals surface area (Å²) in [5.74, 6) is -3.04. The molecule has 0 aliphatic carbocycles. The maximum Gasteiger partial charge on any atom is 0.409 e. The molecule has 3 aromatic rings. The van der Waals surface area contributed by atoms with Gasteiger partial charge in [0, 0.05) is 62.5 Å². The Labute approximate surface area is 241 Å². The van der Waals surface area contributed by atoms with Crippen LogP contribution in [0, 0.1) is 5.82 Å². The SMILES string of the molecule is CCOC(=O)N1CCC(NC(=O)c2ccc(F)c3c(C(=O)C(=O)N4CCN(C(=O)c5ccccc5)CC4)c[nH]c23)CC1. The fraction of sp³-hybridized carbons (Fsp3) is 0.367. The summed E-state index contributed by atoms with van der Waals surface area (Å²) in [6, 6.07) is 11.0. The number of ketones is 1. The number of ether oxygens (including phenoxy) is 1. The summed E-state index contributed by atoms with van der Waals surface area (Å²) < 4.78 is 20.0. The van der Waals surface area contributed by atoms with Gasteiger partial charge in [-0.1, -0.05) is 18.2 Å². The molecule has 4 amide bonds. The molecule has 2 N–H and O–H groups in total. The first-order valence-corrected chi connectivity index (χ1v) is 14.0. The molecule has 3 heterocycles. The number of aromatic nitrogens is 1. The van der Waals surface area contributed by atoms with Crippen LogP contribution in [-0.4, -0.2) is 101 Å². The van der Waals surface area contributed by atoms with Gasteiger partial charge in [0.15, 0.2) is 0 Å². The Hall–Kier alpha value is -4.74. The second-order valence-corrected chi connectivity index (χ2v) is 10.3. The zero-order valence-electron chi connectivity index (χ0n) is 23.2. The lowest BCUT2D eigenvalue weighted by Crippen LogP contribution is -2.52. The van der Waals surface area contributed by atoms with Crippen molar-refractivity contribution in [3.05, 3.63) is 71.2 Å². The second kappa shape index (κ2) is 12.4. The van der Waals surface area contributed by atoms with Gasteiger partial charge in [0.2, 0.25) is 0 Å². The number of piperidine rings is 1. The maximum absolute atomic E-state index is 15.0. The number of hydrogen-bond donors (Lipinski definition) is 2. The lowest BCUT2D eigenvalue weighted by atomic mass is 10.0. The number of nitrogens with zero attached hydrogens (tertiary/aromatic N) is 3. The van der Waals surface area contributed by atoms with Gasteiger partial charge in [0.25, 0.3) is 23.5 Å². The minimum absolute atomic E-state index is 0.117. The number of Topliss-reactive ketones (excluding diaryl/α,β-unsaturated/α-hetero) is 1. The van der Waals surface area contributed by atoms with Crippen LogP contribution in [0.3, 0.4) is 0 Å². The van der Waals surface area contributed by atoms with Gasteiger partial charge in [0.05, 0.1) is 23.3 Å². The summed E-state index contributed by atoms with van der Waals surface area (Å²) >= 11 is 0. The van der Waals surface area contributed by atoms with Crippen LogP contribution < -0.4 is 5.32 Å². The van der Waals surface area contributed by atoms with Crippen molar-refractivity contribution in [2.24, 2.45) is 0 Å². The van der Waals surface area contributed by atoms with Crippen molar-refractivity contribution in [3.8, 4) is 0 Å². The largest absolute Gasteiger partial charge is 0.450 e. The monoisotopic (exact) mass is 577 g/mol. The van der Waals surface area contributed by atoms with E-state index >= 15 is 4.39 Å². The molecule has 42 heavy (non-hydrogen) atoms. The Morgan fingerprint density at radius 1 is 0.881 bits per heavy atom. The van der Waals surface area contributed by atoms with Crippen LogP contribution in [0.5, 0.6) is 0 Å². The van der Waals surface area contributed by atoms with E-state index in [2.05, 4.69) is 10.3 Å². The summed E-state index contributed by atoms with van der Waals surface area (Å²) in [7, 11) is 0. The van der Waals surface area contributed by atoms with Crippen LogP contribution >= 0.6 is 0 Å². The molecule has 5 rings (SSSR count). The Balaban J connectivity index is 1.24. The van der Waals surface area contributed by atoms with Crippen LogP contribution in [0.25, 0.3) is 10.9 Å². The summed E-state index contributed by atoms with van der Waals surface area (Å²) in [6.07, 6.45) is 1.92. The average molecular weight is 578 g/mol. The molecule has 2 fully saturated rings. The number of nitrogens with one attached hydrogen (secondary N) is 2. The fourth-order valence-electron chi connectivity index (χ4n) is 5.39. The number of carbonyl (C=O) groups excluding carboxylic acids is 5. The first kappa shape index (κ1) is 28.8. The van der Waals surface area contributed by atoms with E-state index in [1.165, 1.54) is 17.2 Å². The van der Waals surface area contributed by atoms with Crippen molar-refractivity contribution in [1.82, 2.24) is 25.0 Å². The van der Waals surface area contributed by atoms with Crippen molar-refractivity contribution in [2.45, 2.75) is 25.8 Å². The smallest absolute Gasteiger partial charge is 0.409 e. The van der Waals surface area contributed by atoms with E-state index in [-0.39, 0.29) is 72.9 Å². The van der Waals surface area contributed by atoms with Gasteiger partial charge in [-0.05, 0) is 44.0 Å². The highest BCUT2D eigenvalue weighted by Crippen LogP contribution is 2.27. The topological polar surface area (TPSA) is 132 Å². The predicted molar refractivity (Wildman–Crippen MR) is 151 cm³/mol. The van der Waals surface area contributed by atoms with Crippen LogP contribution in [0.15, 0.2) is 48.7 Å². The van der Waals surface area contributed by atoms with E-state index < -0.39 is 23.4 Å². The number of fused-ring (bicyclic) bond motifs is 1. The molecule has 0 bridgehead atoms. The fourth-order valence-corrected chi connectivity index (χ4v) is 5.39. The minimum Gasteiger partial charge on any atom is -0.450 e. The number of likely N-dealkylation sites (tertiary alicyclic amines) is 1. The zero-order valence-corrected chi connectivity index (χ0v) is 23.2. The van der Waals surface area contributed by atoms with Crippen LogP contribution in [0.4, 0.5) is 9.18 Å². The number of H-pyrrole nitrogens is 1. The second-order valence-electron chi connectivity index (χ2n) is 10.3. The molecule has 11 nitrogen and oxygen atoms in total. The normalized spacial score (nSPS) is 15.9. The van der Waals surface area contributed by atoms with Gasteiger partial charge < -0.3 is 29.7 Å². The first-order valence-electron chi connectivity index (χ1n) is 14.0. The lowest BCUT2D eigenvalue weighted by Gasteiger charge is -2.34. The molecule has 220 valence electrons. The van der Waals surface area contributed by atoms with Crippen molar-refractivity contribution >= 4 is 40.5 Å². The third-order valence-electron chi connectivity index (χ3n) is 7.70. The highest BCUT2D eigenvalue weighted by atomic mass is 19.1. The molecule has 0 spiro atoms. The van der Waals surface area contributed by atoms with Gasteiger partial charge in [0.1, 0.15) is 5.82 Å². The highest BCUT2D eigenvalue weighted by Gasteiger charge is 2.32. The summed E-state index contributed by atoms with van der Waals surface area (Å²) in [4.78, 5) is 71.5. The van der Waals surface area contributed by atoms with E-state index in [0.29, 0.717) is 31.5 Å². The van der Waals surface area contributed by atoms with Gasteiger partial charge in [-0.2, -0.15) is 0 Å². The quantitative estimate of drug-likeness (QED) is 0.342. The van der Waals surface area contributed by atoms with Gasteiger partial charge in [-0.3, -0.25) is 19.2 Å². The number of carbonyl (C=O) groups is 5. The van der Waals surface area contributed by atoms with Gasteiger partial charge >= 0.3 is 6.09 Å². The first-order chi connectivity index (χ1) is 20.3. The molecule has 2 aromatic carbocycles. The van der Waals surface area contributed by atoms with Crippen LogP contribution in [0.1, 0.15) is 50.8 Å². The highest BCUT2D eigenvalue weighted by molar-refractivity contribution is 6.45. The van der Waals surface area contributed by atoms with Crippen molar-refractivity contribution in [2.75, 3.05) is 45.9 Å². The van der Waals surface area contributed by atoms with Gasteiger partial charge in [-0.15, -0.1) is 0 Å². The molecule has 0 unspecified atom stereocenters. The van der Waals surface area contributed by atoms with E-state index in [1.54, 1.807) is 41.0 Å². The molecule has 0 saturated carbocycles. The lowest BCUT2D eigenvalue weighted by molar-refractivity contribution is -0.127. The molecule has 1 aromatic heterocycles. The minimum atomic E-state index is -0.896. The standard InChI is InChI=1S/C30H32FN5O6/c1-2-42-30(41)36-12-10-20(11-13-36)33-27(38)21-8-9-23(31)24-22(18-32-25(21)24)26(37)29(40)35-16-14-34(15-17-35)28(39)19-6-4-3-5-7-19/h3-9,18,20,32H,2,10-17H2,1H3,(H,33,38). The predicted octanol–water partition coefficient (Wildman–Crippen LogP) is 2.82. The number of hydrogen-bond acceptors (Lipinski definition) is 6.